The fourth-order valence-electron chi connectivity index (χ4n) is 2.26. The number of carbonyl (C=O) groups is 1. The Hall–Kier alpha value is -2.44. The van der Waals surface area contributed by atoms with E-state index in [1.165, 1.54) is 16.9 Å². The first-order valence-electron chi connectivity index (χ1n) is 7.67. The van der Waals surface area contributed by atoms with E-state index in [9.17, 15) is 4.79 Å². The minimum Gasteiger partial charge on any atom is -0.497 e. The summed E-state index contributed by atoms with van der Waals surface area (Å²) >= 11 is 7.39. The van der Waals surface area contributed by atoms with E-state index in [0.29, 0.717) is 15.7 Å². The van der Waals surface area contributed by atoms with E-state index in [1.807, 2.05) is 24.3 Å². The van der Waals surface area contributed by atoms with Crippen LogP contribution >= 0.6 is 22.9 Å². The molecule has 3 rings (SSSR count). The third-order valence-corrected chi connectivity index (χ3v) is 4.82. The largest absolute Gasteiger partial charge is 0.497 e. The highest BCUT2D eigenvalue weighted by molar-refractivity contribution is 7.15. The SMILES string of the molecule is COc1ccc(CCc2nnc(NC(=O)c3ccccc3Cl)s2)cc1. The van der Waals surface area contributed by atoms with E-state index in [2.05, 4.69) is 15.5 Å². The van der Waals surface area contributed by atoms with Gasteiger partial charge in [-0.2, -0.15) is 0 Å². The molecule has 25 heavy (non-hydrogen) atoms. The maximum atomic E-state index is 12.2. The van der Waals surface area contributed by atoms with Gasteiger partial charge in [0.2, 0.25) is 5.13 Å². The van der Waals surface area contributed by atoms with Crippen molar-refractivity contribution >= 4 is 34.0 Å². The number of nitrogens with one attached hydrogen (secondary N) is 1. The molecule has 0 aliphatic heterocycles. The van der Waals surface area contributed by atoms with Gasteiger partial charge in [0, 0.05) is 6.42 Å². The van der Waals surface area contributed by atoms with Gasteiger partial charge in [0.15, 0.2) is 0 Å². The Labute approximate surface area is 154 Å². The molecule has 0 saturated carbocycles. The van der Waals surface area contributed by atoms with E-state index in [4.69, 9.17) is 16.3 Å². The maximum Gasteiger partial charge on any atom is 0.259 e. The maximum absolute atomic E-state index is 12.2. The molecule has 7 heteroatoms. The van der Waals surface area contributed by atoms with Crippen LogP contribution in [0.1, 0.15) is 20.9 Å². The number of aromatic nitrogens is 2. The molecule has 0 aliphatic rings. The normalized spacial score (nSPS) is 10.5. The van der Waals surface area contributed by atoms with Crippen LogP contribution in [0.2, 0.25) is 5.02 Å². The van der Waals surface area contributed by atoms with Crippen LogP contribution in [0.15, 0.2) is 48.5 Å². The van der Waals surface area contributed by atoms with E-state index < -0.39 is 0 Å². The van der Waals surface area contributed by atoms with Gasteiger partial charge in [-0.3, -0.25) is 10.1 Å². The molecule has 0 fully saturated rings. The predicted molar refractivity (Wildman–Crippen MR) is 99.7 cm³/mol. The fraction of sp³-hybridized carbons (Fsp3) is 0.167. The Balaban J connectivity index is 1.58. The number of hydrogen-bond acceptors (Lipinski definition) is 5. The molecule has 0 radical (unpaired) electrons. The van der Waals surface area contributed by atoms with Crippen molar-refractivity contribution in [1.29, 1.82) is 0 Å². The summed E-state index contributed by atoms with van der Waals surface area (Å²) in [6.45, 7) is 0. The van der Waals surface area contributed by atoms with Gasteiger partial charge in [0.1, 0.15) is 10.8 Å². The number of carbonyl (C=O) groups excluding carboxylic acids is 1. The smallest absolute Gasteiger partial charge is 0.259 e. The number of ether oxygens (including phenoxy) is 1. The van der Waals surface area contributed by atoms with Crippen LogP contribution in [-0.2, 0) is 12.8 Å². The standard InChI is InChI=1S/C18H16ClN3O2S/c1-24-13-9-6-12(7-10-13)8-11-16-21-22-18(25-16)20-17(23)14-4-2-3-5-15(14)19/h2-7,9-10H,8,11H2,1H3,(H,20,22,23). The monoisotopic (exact) mass is 373 g/mol. The van der Waals surface area contributed by atoms with E-state index in [0.717, 1.165) is 23.6 Å². The third-order valence-electron chi connectivity index (χ3n) is 3.59. The lowest BCUT2D eigenvalue weighted by atomic mass is 10.1. The van der Waals surface area contributed by atoms with Gasteiger partial charge < -0.3 is 4.74 Å². The summed E-state index contributed by atoms with van der Waals surface area (Å²) in [5.41, 5.74) is 1.61. The number of benzene rings is 2. The van der Waals surface area contributed by atoms with E-state index in [-0.39, 0.29) is 5.91 Å². The van der Waals surface area contributed by atoms with Crippen molar-refractivity contribution in [2.45, 2.75) is 12.8 Å². The Bertz CT molecular complexity index is 865. The van der Waals surface area contributed by atoms with Crippen molar-refractivity contribution in [1.82, 2.24) is 10.2 Å². The fourth-order valence-corrected chi connectivity index (χ4v) is 3.21. The third kappa shape index (κ3) is 4.55. The molecule has 0 spiro atoms. The number of amides is 1. The van der Waals surface area contributed by atoms with Gasteiger partial charge in [-0.25, -0.2) is 0 Å². The summed E-state index contributed by atoms with van der Waals surface area (Å²) in [6, 6.07) is 14.8. The highest BCUT2D eigenvalue weighted by Crippen LogP contribution is 2.21. The highest BCUT2D eigenvalue weighted by Gasteiger charge is 2.12. The molecule has 128 valence electrons. The van der Waals surface area contributed by atoms with Gasteiger partial charge >= 0.3 is 0 Å². The Morgan fingerprint density at radius 1 is 1.12 bits per heavy atom. The van der Waals surface area contributed by atoms with Crippen LogP contribution in [0.3, 0.4) is 0 Å². The van der Waals surface area contributed by atoms with Crippen molar-refractivity contribution in [3.63, 3.8) is 0 Å². The van der Waals surface area contributed by atoms with Gasteiger partial charge in [-0.15, -0.1) is 10.2 Å². The summed E-state index contributed by atoms with van der Waals surface area (Å²) in [4.78, 5) is 12.2. The second-order valence-electron chi connectivity index (χ2n) is 5.28. The van der Waals surface area contributed by atoms with Crippen LogP contribution in [0, 0.1) is 0 Å². The number of nitrogens with zero attached hydrogens (tertiary/aromatic N) is 2. The number of rotatable bonds is 6. The van der Waals surface area contributed by atoms with Crippen LogP contribution < -0.4 is 10.1 Å². The van der Waals surface area contributed by atoms with Crippen LogP contribution in [0.25, 0.3) is 0 Å². The zero-order valence-corrected chi connectivity index (χ0v) is 15.1. The van der Waals surface area contributed by atoms with Gasteiger partial charge in [-0.1, -0.05) is 47.2 Å². The number of halogens is 1. The van der Waals surface area contributed by atoms with Gasteiger partial charge in [0.05, 0.1) is 17.7 Å². The number of aryl methyl sites for hydroxylation is 2. The molecule has 0 unspecified atom stereocenters. The minimum atomic E-state index is -0.288. The zero-order chi connectivity index (χ0) is 17.6. The van der Waals surface area contributed by atoms with Crippen molar-refractivity contribution in [3.8, 4) is 5.75 Å². The van der Waals surface area contributed by atoms with Crippen LogP contribution in [-0.4, -0.2) is 23.2 Å². The molecule has 1 aromatic heterocycles. The summed E-state index contributed by atoms with van der Waals surface area (Å²) in [5.74, 6) is 0.549. The molecule has 0 atom stereocenters. The van der Waals surface area contributed by atoms with Crippen molar-refractivity contribution in [2.24, 2.45) is 0 Å². The number of anilines is 1. The molecule has 1 N–H and O–H groups in total. The quantitative estimate of drug-likeness (QED) is 0.702. The highest BCUT2D eigenvalue weighted by atomic mass is 35.5. The summed E-state index contributed by atoms with van der Waals surface area (Å²) < 4.78 is 5.15. The predicted octanol–water partition coefficient (Wildman–Crippen LogP) is 4.24. The summed E-state index contributed by atoms with van der Waals surface area (Å²) in [7, 11) is 1.65. The van der Waals surface area contributed by atoms with Crippen molar-refractivity contribution in [2.75, 3.05) is 12.4 Å². The minimum absolute atomic E-state index is 0.288. The number of methoxy groups -OCH3 is 1. The lowest BCUT2D eigenvalue weighted by molar-refractivity contribution is 0.102. The molecule has 2 aromatic carbocycles. The molecule has 0 aliphatic carbocycles. The van der Waals surface area contributed by atoms with Crippen molar-refractivity contribution < 1.29 is 9.53 Å². The molecular weight excluding hydrogens is 358 g/mol. The van der Waals surface area contributed by atoms with Gasteiger partial charge in [-0.05, 0) is 36.2 Å². The van der Waals surface area contributed by atoms with Gasteiger partial charge in [0.25, 0.3) is 5.91 Å². The summed E-state index contributed by atoms with van der Waals surface area (Å²) in [5, 5.41) is 12.6. The van der Waals surface area contributed by atoms with Crippen LogP contribution in [0.5, 0.6) is 5.75 Å². The lowest BCUT2D eigenvalue weighted by Gasteiger charge is -2.03. The second-order valence-corrected chi connectivity index (χ2v) is 6.75. The summed E-state index contributed by atoms with van der Waals surface area (Å²) in [6.07, 6.45) is 1.60. The lowest BCUT2D eigenvalue weighted by Crippen LogP contribution is -2.12. The topological polar surface area (TPSA) is 64.1 Å². The zero-order valence-electron chi connectivity index (χ0n) is 13.5. The Morgan fingerprint density at radius 2 is 1.88 bits per heavy atom. The Morgan fingerprint density at radius 3 is 2.60 bits per heavy atom. The average Bonchev–Trinajstić information content (AvgIpc) is 3.08. The molecule has 0 saturated heterocycles. The van der Waals surface area contributed by atoms with E-state index in [1.54, 1.807) is 31.4 Å². The first-order chi connectivity index (χ1) is 12.2. The Kier molecular flexibility index (Phi) is 5.63. The average molecular weight is 374 g/mol. The first-order valence-corrected chi connectivity index (χ1v) is 8.86. The molecule has 1 amide bonds. The van der Waals surface area contributed by atoms with Crippen LogP contribution in [0.4, 0.5) is 5.13 Å². The number of hydrogen-bond donors (Lipinski definition) is 1. The molecule has 3 aromatic rings. The first kappa shape index (κ1) is 17.4. The second kappa shape index (κ2) is 8.09. The molecule has 5 nitrogen and oxygen atoms in total. The molecular formula is C18H16ClN3O2S. The molecule has 1 heterocycles. The van der Waals surface area contributed by atoms with E-state index >= 15 is 0 Å². The van der Waals surface area contributed by atoms with Crippen molar-refractivity contribution in [3.05, 3.63) is 69.7 Å². The molecule has 0 bridgehead atoms.